The molecule has 2 atom stereocenters. The number of hydrogen-bond acceptors (Lipinski definition) is 4. The average Bonchev–Trinajstić information content (AvgIpc) is 2.19. The Kier molecular flexibility index (Phi) is 5.40. The molecule has 0 spiro atoms. The summed E-state index contributed by atoms with van der Waals surface area (Å²) >= 11 is 0. The van der Waals surface area contributed by atoms with E-state index >= 15 is 0 Å². The van der Waals surface area contributed by atoms with Crippen molar-refractivity contribution in [3.63, 3.8) is 0 Å². The minimum absolute atomic E-state index is 0.731. The van der Waals surface area contributed by atoms with Crippen LogP contribution in [0.2, 0.25) is 0 Å². The second-order valence-corrected chi connectivity index (χ2v) is 3.91. The van der Waals surface area contributed by atoms with E-state index in [1.165, 1.54) is 19.3 Å². The maximum absolute atomic E-state index is 9.61. The number of nitrogens with one attached hydrogen (secondary N) is 1. The van der Waals surface area contributed by atoms with Crippen molar-refractivity contribution in [2.24, 2.45) is 0 Å². The molecular formula is C10H22N2O2. The quantitative estimate of drug-likeness (QED) is 0.554. The van der Waals surface area contributed by atoms with Gasteiger partial charge in [0.25, 0.3) is 0 Å². The maximum Gasteiger partial charge on any atom is 0.147 e. The van der Waals surface area contributed by atoms with Gasteiger partial charge in [-0.25, -0.2) is 0 Å². The van der Waals surface area contributed by atoms with Crippen LogP contribution >= 0.6 is 0 Å². The minimum Gasteiger partial charge on any atom is -0.374 e. The van der Waals surface area contributed by atoms with Crippen LogP contribution in [-0.4, -0.2) is 47.2 Å². The lowest BCUT2D eigenvalue weighted by Gasteiger charge is -2.36. The molecule has 2 unspecified atom stereocenters. The number of unbranched alkanes of at least 4 members (excludes halogenated alkanes) is 3. The molecule has 0 aromatic heterocycles. The van der Waals surface area contributed by atoms with Crippen molar-refractivity contribution in [3.05, 3.63) is 0 Å². The van der Waals surface area contributed by atoms with Gasteiger partial charge in [0.05, 0.1) is 0 Å². The fraction of sp³-hybridized carbons (Fsp3) is 1.00. The van der Waals surface area contributed by atoms with Gasteiger partial charge in [-0.3, -0.25) is 10.2 Å². The summed E-state index contributed by atoms with van der Waals surface area (Å²) in [5, 5.41) is 21.8. The summed E-state index contributed by atoms with van der Waals surface area (Å²) in [7, 11) is 0. The molecule has 1 fully saturated rings. The van der Waals surface area contributed by atoms with Crippen LogP contribution < -0.4 is 5.32 Å². The SMILES string of the molecule is CCCCCCN1CCNC(O)C1O. The van der Waals surface area contributed by atoms with Crippen LogP contribution in [0.25, 0.3) is 0 Å². The summed E-state index contributed by atoms with van der Waals surface area (Å²) in [5.74, 6) is 0. The van der Waals surface area contributed by atoms with E-state index in [0.717, 1.165) is 26.1 Å². The molecule has 14 heavy (non-hydrogen) atoms. The molecule has 0 saturated carbocycles. The number of aliphatic hydroxyl groups excluding tert-OH is 2. The predicted molar refractivity (Wildman–Crippen MR) is 55.7 cm³/mol. The van der Waals surface area contributed by atoms with Gasteiger partial charge < -0.3 is 10.2 Å². The molecule has 0 aliphatic carbocycles. The first-order valence-corrected chi connectivity index (χ1v) is 5.59. The van der Waals surface area contributed by atoms with Gasteiger partial charge in [-0.15, -0.1) is 0 Å². The van der Waals surface area contributed by atoms with Crippen LogP contribution in [0, 0.1) is 0 Å². The average molecular weight is 202 g/mol. The highest BCUT2D eigenvalue weighted by atomic mass is 16.4. The Morgan fingerprint density at radius 2 is 2.07 bits per heavy atom. The van der Waals surface area contributed by atoms with Crippen molar-refractivity contribution in [2.45, 2.75) is 45.1 Å². The van der Waals surface area contributed by atoms with Crippen LogP contribution in [0.4, 0.5) is 0 Å². The molecular weight excluding hydrogens is 180 g/mol. The van der Waals surface area contributed by atoms with Gasteiger partial charge in [-0.1, -0.05) is 26.2 Å². The second kappa shape index (κ2) is 6.35. The summed E-state index contributed by atoms with van der Waals surface area (Å²) in [6, 6.07) is 0. The number of piperazine rings is 1. The van der Waals surface area contributed by atoms with E-state index in [4.69, 9.17) is 0 Å². The highest BCUT2D eigenvalue weighted by Gasteiger charge is 2.26. The van der Waals surface area contributed by atoms with Crippen LogP contribution in [0.3, 0.4) is 0 Å². The lowest BCUT2D eigenvalue weighted by atomic mass is 10.2. The third-order valence-electron chi connectivity index (χ3n) is 2.71. The number of aliphatic hydroxyl groups is 2. The molecule has 4 nitrogen and oxygen atoms in total. The zero-order valence-electron chi connectivity index (χ0n) is 8.95. The monoisotopic (exact) mass is 202 g/mol. The molecule has 3 N–H and O–H groups in total. The molecule has 1 aliphatic rings. The van der Waals surface area contributed by atoms with Crippen LogP contribution in [0.5, 0.6) is 0 Å². The second-order valence-electron chi connectivity index (χ2n) is 3.91. The van der Waals surface area contributed by atoms with Gasteiger partial charge in [-0.05, 0) is 6.42 Å². The Hall–Kier alpha value is -0.160. The molecule has 0 aromatic rings. The third kappa shape index (κ3) is 3.53. The van der Waals surface area contributed by atoms with E-state index in [0.29, 0.717) is 0 Å². The summed E-state index contributed by atoms with van der Waals surface area (Å²) in [6.07, 6.45) is 3.29. The Labute approximate surface area is 85.9 Å². The molecule has 1 rings (SSSR count). The normalized spacial score (nSPS) is 29.4. The van der Waals surface area contributed by atoms with E-state index in [9.17, 15) is 10.2 Å². The minimum atomic E-state index is -0.782. The Bertz CT molecular complexity index is 155. The van der Waals surface area contributed by atoms with Crippen LogP contribution in [-0.2, 0) is 0 Å². The smallest absolute Gasteiger partial charge is 0.147 e. The van der Waals surface area contributed by atoms with Gasteiger partial charge in [0, 0.05) is 19.6 Å². The highest BCUT2D eigenvalue weighted by Crippen LogP contribution is 2.08. The predicted octanol–water partition coefficient (Wildman–Crippen LogP) is 0.109. The van der Waals surface area contributed by atoms with E-state index in [1.807, 2.05) is 4.90 Å². The van der Waals surface area contributed by atoms with Gasteiger partial charge in [0.1, 0.15) is 12.5 Å². The van der Waals surface area contributed by atoms with Gasteiger partial charge in [0.2, 0.25) is 0 Å². The topological polar surface area (TPSA) is 55.7 Å². The molecule has 1 saturated heterocycles. The molecule has 0 radical (unpaired) electrons. The number of nitrogens with zero attached hydrogens (tertiary/aromatic N) is 1. The molecule has 1 aliphatic heterocycles. The van der Waals surface area contributed by atoms with Crippen molar-refractivity contribution in [3.8, 4) is 0 Å². The summed E-state index contributed by atoms with van der Waals surface area (Å²) in [4.78, 5) is 1.94. The van der Waals surface area contributed by atoms with E-state index in [-0.39, 0.29) is 0 Å². The van der Waals surface area contributed by atoms with Gasteiger partial charge in [-0.2, -0.15) is 0 Å². The lowest BCUT2D eigenvalue weighted by molar-refractivity contribution is -0.116. The first kappa shape index (κ1) is 11.9. The zero-order chi connectivity index (χ0) is 10.4. The van der Waals surface area contributed by atoms with Crippen molar-refractivity contribution in [1.29, 1.82) is 0 Å². The first-order chi connectivity index (χ1) is 6.75. The molecule has 0 aromatic carbocycles. The zero-order valence-corrected chi connectivity index (χ0v) is 8.95. The summed E-state index contributed by atoms with van der Waals surface area (Å²) < 4.78 is 0. The first-order valence-electron chi connectivity index (χ1n) is 5.59. The van der Waals surface area contributed by atoms with Gasteiger partial charge in [0.15, 0.2) is 0 Å². The molecule has 0 bridgehead atoms. The lowest BCUT2D eigenvalue weighted by Crippen LogP contribution is -2.57. The van der Waals surface area contributed by atoms with Crippen molar-refractivity contribution < 1.29 is 10.2 Å². The third-order valence-corrected chi connectivity index (χ3v) is 2.71. The Balaban J connectivity index is 2.15. The van der Waals surface area contributed by atoms with E-state index in [2.05, 4.69) is 12.2 Å². The Morgan fingerprint density at radius 3 is 2.79 bits per heavy atom. The van der Waals surface area contributed by atoms with E-state index < -0.39 is 12.5 Å². The molecule has 1 heterocycles. The molecule has 4 heteroatoms. The molecule has 0 amide bonds. The van der Waals surface area contributed by atoms with Gasteiger partial charge >= 0.3 is 0 Å². The fourth-order valence-electron chi connectivity index (χ4n) is 1.78. The molecule has 84 valence electrons. The largest absolute Gasteiger partial charge is 0.374 e. The van der Waals surface area contributed by atoms with Crippen molar-refractivity contribution in [2.75, 3.05) is 19.6 Å². The Morgan fingerprint density at radius 1 is 1.29 bits per heavy atom. The number of rotatable bonds is 5. The summed E-state index contributed by atoms with van der Waals surface area (Å²) in [6.45, 7) is 4.65. The number of hydrogen-bond donors (Lipinski definition) is 3. The van der Waals surface area contributed by atoms with Crippen LogP contribution in [0.1, 0.15) is 32.6 Å². The fourth-order valence-corrected chi connectivity index (χ4v) is 1.78. The maximum atomic E-state index is 9.61. The van der Waals surface area contributed by atoms with Crippen molar-refractivity contribution >= 4 is 0 Å². The van der Waals surface area contributed by atoms with Crippen molar-refractivity contribution in [1.82, 2.24) is 10.2 Å². The summed E-state index contributed by atoms with van der Waals surface area (Å²) in [5.41, 5.74) is 0. The highest BCUT2D eigenvalue weighted by molar-refractivity contribution is 4.75. The van der Waals surface area contributed by atoms with E-state index in [1.54, 1.807) is 0 Å². The van der Waals surface area contributed by atoms with Crippen LogP contribution in [0.15, 0.2) is 0 Å². The standard InChI is InChI=1S/C10H22N2O2/c1-2-3-4-5-7-12-8-6-11-9(13)10(12)14/h9-11,13-14H,2-8H2,1H3.